The van der Waals surface area contributed by atoms with Crippen molar-refractivity contribution in [3.05, 3.63) is 0 Å². The molecule has 1 fully saturated rings. The van der Waals surface area contributed by atoms with Crippen molar-refractivity contribution in [2.45, 2.75) is 51.8 Å². The van der Waals surface area contributed by atoms with Crippen LogP contribution in [0.2, 0.25) is 0 Å². The van der Waals surface area contributed by atoms with Gasteiger partial charge in [0.25, 0.3) is 0 Å². The maximum atomic E-state index is 11.2. The molecule has 1 aliphatic heterocycles. The van der Waals surface area contributed by atoms with Crippen LogP contribution in [0.5, 0.6) is 0 Å². The minimum absolute atomic E-state index is 0.327. The molecule has 3 atom stereocenters. The molecular formula is C13H26N2O3. The number of hydrogen-bond acceptors (Lipinski definition) is 4. The van der Waals surface area contributed by atoms with Gasteiger partial charge in [0, 0.05) is 32.2 Å². The van der Waals surface area contributed by atoms with Gasteiger partial charge in [0.1, 0.15) is 6.04 Å². The normalized spacial score (nSPS) is 25.9. The van der Waals surface area contributed by atoms with Crippen molar-refractivity contribution in [1.29, 1.82) is 0 Å². The Bertz CT molecular complexity index is 271. The largest absolute Gasteiger partial charge is 0.480 e. The first-order chi connectivity index (χ1) is 8.49. The molecule has 1 rings (SSSR count). The third kappa shape index (κ3) is 3.93. The van der Waals surface area contributed by atoms with Crippen LogP contribution < -0.4 is 0 Å². The van der Waals surface area contributed by atoms with Crippen LogP contribution in [-0.4, -0.2) is 70.3 Å². The second-order valence-corrected chi connectivity index (χ2v) is 5.16. The molecule has 0 saturated carbocycles. The summed E-state index contributed by atoms with van der Waals surface area (Å²) in [7, 11) is 0. The van der Waals surface area contributed by atoms with Crippen LogP contribution in [0, 0.1) is 0 Å². The molecule has 0 aromatic heterocycles. The molecule has 5 nitrogen and oxygen atoms in total. The van der Waals surface area contributed by atoms with Gasteiger partial charge in [-0.05, 0) is 19.8 Å². The van der Waals surface area contributed by atoms with E-state index in [0.29, 0.717) is 19.0 Å². The molecule has 0 aromatic carbocycles. The molecule has 5 heteroatoms. The highest BCUT2D eigenvalue weighted by atomic mass is 16.4. The van der Waals surface area contributed by atoms with E-state index in [-0.39, 0.29) is 12.1 Å². The third-order valence-electron chi connectivity index (χ3n) is 3.72. The zero-order valence-electron chi connectivity index (χ0n) is 11.7. The van der Waals surface area contributed by atoms with Gasteiger partial charge in [0.15, 0.2) is 0 Å². The first-order valence-corrected chi connectivity index (χ1v) is 6.88. The number of nitrogens with zero attached hydrogens (tertiary/aromatic N) is 2. The highest BCUT2D eigenvalue weighted by Crippen LogP contribution is 2.17. The van der Waals surface area contributed by atoms with Gasteiger partial charge in [-0.25, -0.2) is 0 Å². The average molecular weight is 258 g/mol. The molecule has 0 aromatic rings. The summed E-state index contributed by atoms with van der Waals surface area (Å²) in [4.78, 5) is 15.5. The number of hydrogen-bond donors (Lipinski definition) is 2. The van der Waals surface area contributed by atoms with Crippen molar-refractivity contribution in [2.24, 2.45) is 0 Å². The van der Waals surface area contributed by atoms with E-state index in [0.717, 1.165) is 26.1 Å². The lowest BCUT2D eigenvalue weighted by atomic mass is 10.1. The first-order valence-electron chi connectivity index (χ1n) is 6.88. The Morgan fingerprint density at radius 2 is 2.06 bits per heavy atom. The molecule has 1 heterocycles. The zero-order valence-corrected chi connectivity index (χ0v) is 11.7. The van der Waals surface area contributed by atoms with Gasteiger partial charge in [-0.2, -0.15) is 0 Å². The number of aliphatic carboxylic acids is 1. The molecule has 3 unspecified atom stereocenters. The van der Waals surface area contributed by atoms with Gasteiger partial charge in [0.2, 0.25) is 0 Å². The van der Waals surface area contributed by atoms with Crippen LogP contribution in [0.4, 0.5) is 0 Å². The summed E-state index contributed by atoms with van der Waals surface area (Å²) in [6.07, 6.45) is 1.30. The van der Waals surface area contributed by atoms with E-state index in [1.807, 2.05) is 6.92 Å². The van der Waals surface area contributed by atoms with Crippen molar-refractivity contribution < 1.29 is 15.0 Å². The molecular weight excluding hydrogens is 232 g/mol. The molecule has 0 amide bonds. The molecule has 1 aliphatic rings. The Labute approximate surface area is 109 Å². The molecule has 1 saturated heterocycles. The van der Waals surface area contributed by atoms with Gasteiger partial charge in [-0.15, -0.1) is 0 Å². The molecule has 0 bridgehead atoms. The molecule has 18 heavy (non-hydrogen) atoms. The van der Waals surface area contributed by atoms with E-state index in [2.05, 4.69) is 16.7 Å². The van der Waals surface area contributed by atoms with E-state index in [1.54, 1.807) is 6.92 Å². The van der Waals surface area contributed by atoms with Crippen molar-refractivity contribution >= 4 is 5.97 Å². The van der Waals surface area contributed by atoms with E-state index < -0.39 is 5.97 Å². The van der Waals surface area contributed by atoms with E-state index in [1.165, 1.54) is 0 Å². The number of carbonyl (C=O) groups is 1. The fourth-order valence-corrected chi connectivity index (χ4v) is 2.76. The number of piperazine rings is 1. The molecule has 0 spiro atoms. The fraction of sp³-hybridized carbons (Fsp3) is 0.923. The monoisotopic (exact) mass is 258 g/mol. The van der Waals surface area contributed by atoms with Crippen LogP contribution in [0.3, 0.4) is 0 Å². The minimum atomic E-state index is -0.726. The van der Waals surface area contributed by atoms with Gasteiger partial charge in [-0.3, -0.25) is 14.6 Å². The summed E-state index contributed by atoms with van der Waals surface area (Å²) in [6.45, 7) is 8.91. The van der Waals surface area contributed by atoms with Gasteiger partial charge >= 0.3 is 5.97 Å². The Morgan fingerprint density at radius 1 is 1.39 bits per heavy atom. The standard InChI is InChI=1S/C13H26N2O3/c1-4-11-9-15(12(5-2)13(17)18)7-6-14(11)8-10(3)16/h10-12,16H,4-9H2,1-3H3,(H,17,18). The van der Waals surface area contributed by atoms with E-state index in [4.69, 9.17) is 0 Å². The lowest BCUT2D eigenvalue weighted by molar-refractivity contribution is -0.145. The lowest BCUT2D eigenvalue weighted by Crippen LogP contribution is -2.58. The maximum Gasteiger partial charge on any atom is 0.320 e. The van der Waals surface area contributed by atoms with Gasteiger partial charge < -0.3 is 10.2 Å². The van der Waals surface area contributed by atoms with Crippen molar-refractivity contribution in [3.8, 4) is 0 Å². The summed E-state index contributed by atoms with van der Waals surface area (Å²) in [5, 5.41) is 18.7. The average Bonchev–Trinajstić information content (AvgIpc) is 2.30. The van der Waals surface area contributed by atoms with Crippen molar-refractivity contribution in [2.75, 3.05) is 26.2 Å². The molecule has 0 aliphatic carbocycles. The van der Waals surface area contributed by atoms with E-state index in [9.17, 15) is 15.0 Å². The number of aliphatic hydroxyl groups is 1. The quantitative estimate of drug-likeness (QED) is 0.731. The number of β-amino-alcohol motifs (C(OH)–C–C–N with tert-alkyl or cyclic N) is 1. The van der Waals surface area contributed by atoms with Crippen LogP contribution >= 0.6 is 0 Å². The molecule has 0 radical (unpaired) electrons. The topological polar surface area (TPSA) is 64.0 Å². The summed E-state index contributed by atoms with van der Waals surface area (Å²) < 4.78 is 0. The number of rotatable bonds is 6. The number of aliphatic hydroxyl groups excluding tert-OH is 1. The summed E-state index contributed by atoms with van der Waals surface area (Å²) in [5.74, 6) is -0.726. The predicted molar refractivity (Wildman–Crippen MR) is 70.6 cm³/mol. The smallest absolute Gasteiger partial charge is 0.320 e. The maximum absolute atomic E-state index is 11.2. The SMILES string of the molecule is CCC1CN(C(CC)C(=O)O)CCN1CC(C)O. The zero-order chi connectivity index (χ0) is 13.7. The highest BCUT2D eigenvalue weighted by molar-refractivity contribution is 5.73. The van der Waals surface area contributed by atoms with Crippen LogP contribution in [0.1, 0.15) is 33.6 Å². The minimum Gasteiger partial charge on any atom is -0.480 e. The van der Waals surface area contributed by atoms with E-state index >= 15 is 0 Å². The second-order valence-electron chi connectivity index (χ2n) is 5.16. The fourth-order valence-electron chi connectivity index (χ4n) is 2.76. The molecule has 2 N–H and O–H groups in total. The summed E-state index contributed by atoms with van der Waals surface area (Å²) >= 11 is 0. The van der Waals surface area contributed by atoms with Gasteiger partial charge in [-0.1, -0.05) is 13.8 Å². The third-order valence-corrected chi connectivity index (χ3v) is 3.72. The second kappa shape index (κ2) is 7.07. The lowest BCUT2D eigenvalue weighted by Gasteiger charge is -2.43. The van der Waals surface area contributed by atoms with Crippen LogP contribution in [0.25, 0.3) is 0 Å². The Balaban J connectivity index is 2.62. The summed E-state index contributed by atoms with van der Waals surface area (Å²) in [6, 6.07) is -0.0190. The predicted octanol–water partition coefficient (Wildman–Crippen LogP) is 0.627. The highest BCUT2D eigenvalue weighted by Gasteiger charge is 2.32. The van der Waals surface area contributed by atoms with Crippen LogP contribution in [-0.2, 0) is 4.79 Å². The number of carboxylic acid groups (broad SMARTS) is 1. The first kappa shape index (κ1) is 15.4. The van der Waals surface area contributed by atoms with Crippen molar-refractivity contribution in [1.82, 2.24) is 9.80 Å². The Kier molecular flexibility index (Phi) is 6.05. The van der Waals surface area contributed by atoms with Crippen LogP contribution in [0.15, 0.2) is 0 Å². The number of carboxylic acids is 1. The summed E-state index contributed by atoms with van der Waals surface area (Å²) in [5.41, 5.74) is 0. The van der Waals surface area contributed by atoms with Crippen molar-refractivity contribution in [3.63, 3.8) is 0 Å². The Hall–Kier alpha value is -0.650. The van der Waals surface area contributed by atoms with Gasteiger partial charge in [0.05, 0.1) is 6.10 Å². The Morgan fingerprint density at radius 3 is 2.50 bits per heavy atom. The molecule has 106 valence electrons.